The molecule has 0 saturated carbocycles. The van der Waals surface area contributed by atoms with Gasteiger partial charge in [0.2, 0.25) is 0 Å². The topological polar surface area (TPSA) is 25.8 Å². The fourth-order valence-corrected chi connectivity index (χ4v) is 9.64. The second kappa shape index (κ2) is 11.4. The van der Waals surface area contributed by atoms with Crippen LogP contribution in [-0.2, 0) is 0 Å². The summed E-state index contributed by atoms with van der Waals surface area (Å²) in [6, 6.07) is 61.2. The van der Waals surface area contributed by atoms with Crippen LogP contribution in [0.3, 0.4) is 0 Å². The van der Waals surface area contributed by atoms with Gasteiger partial charge in [-0.2, -0.15) is 0 Å². The van der Waals surface area contributed by atoms with Crippen molar-refractivity contribution >= 4 is 66.1 Å². The maximum atomic E-state index is 5.19. The Kier molecular flexibility index (Phi) is 6.55. The van der Waals surface area contributed by atoms with Gasteiger partial charge in [-0.15, -0.1) is 0 Å². The molecule has 0 aliphatic rings. The van der Waals surface area contributed by atoms with Gasteiger partial charge in [0.05, 0.1) is 0 Å². The van der Waals surface area contributed by atoms with Gasteiger partial charge in [-0.3, -0.25) is 0 Å². The van der Waals surface area contributed by atoms with Crippen molar-refractivity contribution in [3.63, 3.8) is 0 Å². The van der Waals surface area contributed by atoms with Crippen LogP contribution in [0.25, 0.3) is 96.6 Å². The maximum absolute atomic E-state index is 5.19. The van der Waals surface area contributed by atoms with E-state index in [2.05, 4.69) is 152 Å². The number of fused-ring (bicyclic) bond motifs is 9. The van der Waals surface area contributed by atoms with Crippen LogP contribution in [-0.4, -0.2) is 24.5 Å². The van der Waals surface area contributed by atoms with Crippen LogP contribution in [0.15, 0.2) is 170 Å². The quantitative estimate of drug-likeness (QED) is 0.136. The standard InChI is InChI=1S/C46H28N2Se/c1-3-12-29(13-4-1)31-16-11-17-32(24-31)42-28-43(48-46(47-42)30-14-5-2-6-15-30)33-22-23-36-38(25-33)34-18-7-8-19-35(34)39-26-41-37-20-9-10-21-44(37)49-45(41)27-40(36)39/h1-28H. The summed E-state index contributed by atoms with van der Waals surface area (Å²) < 4.78 is 2.94. The van der Waals surface area contributed by atoms with Gasteiger partial charge in [-0.1, -0.05) is 60.7 Å². The van der Waals surface area contributed by atoms with Crippen LogP contribution >= 0.6 is 0 Å². The van der Waals surface area contributed by atoms with Gasteiger partial charge in [0.25, 0.3) is 0 Å². The summed E-state index contributed by atoms with van der Waals surface area (Å²) in [5, 5.41) is 10.5. The predicted octanol–water partition coefficient (Wildman–Crippen LogP) is 12.0. The fraction of sp³-hybridized carbons (Fsp3) is 0. The van der Waals surface area contributed by atoms with E-state index in [1.165, 1.54) is 62.7 Å². The second-order valence-electron chi connectivity index (χ2n) is 12.6. The molecule has 0 radical (unpaired) electrons. The van der Waals surface area contributed by atoms with E-state index in [0.29, 0.717) is 14.5 Å². The predicted molar refractivity (Wildman–Crippen MR) is 208 cm³/mol. The Bertz CT molecular complexity index is 2870. The van der Waals surface area contributed by atoms with Crippen molar-refractivity contribution < 1.29 is 0 Å². The van der Waals surface area contributed by atoms with E-state index in [-0.39, 0.29) is 0 Å². The van der Waals surface area contributed by atoms with E-state index in [4.69, 9.17) is 9.97 Å². The molecule has 3 heteroatoms. The molecule has 0 N–H and O–H groups in total. The van der Waals surface area contributed by atoms with Crippen LogP contribution in [0.2, 0.25) is 0 Å². The van der Waals surface area contributed by atoms with E-state index in [1.807, 2.05) is 18.2 Å². The Labute approximate surface area is 289 Å². The summed E-state index contributed by atoms with van der Waals surface area (Å²) >= 11 is 0.307. The van der Waals surface area contributed by atoms with Crippen molar-refractivity contribution in [1.29, 1.82) is 0 Å². The fourth-order valence-electron chi connectivity index (χ4n) is 7.28. The van der Waals surface area contributed by atoms with Crippen molar-refractivity contribution in [3.8, 4) is 45.0 Å². The van der Waals surface area contributed by atoms with Gasteiger partial charge in [0.15, 0.2) is 0 Å². The van der Waals surface area contributed by atoms with Crippen LogP contribution < -0.4 is 0 Å². The SMILES string of the molecule is c1ccc(-c2cccc(-c3cc(-c4ccc5c(c4)c4ccccc4c4cc6c(cc54)[se]c4ccccc46)nc(-c4ccccc4)n3)c2)cc1. The molecular formula is C46H28N2Se. The molecule has 2 heterocycles. The molecule has 10 rings (SSSR count). The number of aromatic nitrogens is 2. The first kappa shape index (κ1) is 28.2. The van der Waals surface area contributed by atoms with E-state index < -0.39 is 0 Å². The normalized spacial score (nSPS) is 11.7. The minimum absolute atomic E-state index is 0.307. The molecule has 0 amide bonds. The first-order valence-corrected chi connectivity index (χ1v) is 18.3. The molecule has 49 heavy (non-hydrogen) atoms. The Morgan fingerprint density at radius 3 is 1.59 bits per heavy atom. The van der Waals surface area contributed by atoms with Crippen molar-refractivity contribution in [3.05, 3.63) is 170 Å². The smallest absolute Gasteiger partial charge is 0.0617 e. The van der Waals surface area contributed by atoms with Crippen molar-refractivity contribution in [1.82, 2.24) is 9.97 Å². The number of benzene rings is 8. The minimum atomic E-state index is 0.307. The third-order valence-corrected chi connectivity index (χ3v) is 12.0. The van der Waals surface area contributed by atoms with E-state index in [0.717, 1.165) is 33.9 Å². The number of nitrogens with zero attached hydrogens (tertiary/aromatic N) is 2. The van der Waals surface area contributed by atoms with Crippen LogP contribution in [0, 0.1) is 0 Å². The van der Waals surface area contributed by atoms with E-state index in [1.54, 1.807) is 0 Å². The first-order chi connectivity index (χ1) is 24.3. The van der Waals surface area contributed by atoms with E-state index in [9.17, 15) is 0 Å². The molecule has 0 aliphatic carbocycles. The van der Waals surface area contributed by atoms with Crippen molar-refractivity contribution in [2.45, 2.75) is 0 Å². The molecule has 228 valence electrons. The van der Waals surface area contributed by atoms with Crippen molar-refractivity contribution in [2.24, 2.45) is 0 Å². The molecule has 0 unspecified atom stereocenters. The second-order valence-corrected chi connectivity index (χ2v) is 14.8. The van der Waals surface area contributed by atoms with Gasteiger partial charge in [0, 0.05) is 0 Å². The molecule has 2 nitrogen and oxygen atoms in total. The monoisotopic (exact) mass is 688 g/mol. The first-order valence-electron chi connectivity index (χ1n) is 16.6. The van der Waals surface area contributed by atoms with E-state index >= 15 is 0 Å². The molecule has 0 atom stereocenters. The zero-order valence-corrected chi connectivity index (χ0v) is 28.2. The molecule has 0 aliphatic heterocycles. The van der Waals surface area contributed by atoms with Crippen LogP contribution in [0.5, 0.6) is 0 Å². The molecule has 0 bridgehead atoms. The number of rotatable bonds is 4. The zero-order valence-electron chi connectivity index (χ0n) is 26.5. The zero-order chi connectivity index (χ0) is 32.3. The number of hydrogen-bond donors (Lipinski definition) is 0. The Morgan fingerprint density at radius 1 is 0.286 bits per heavy atom. The number of hydrogen-bond acceptors (Lipinski definition) is 2. The molecule has 10 aromatic rings. The molecule has 0 saturated heterocycles. The van der Waals surface area contributed by atoms with Crippen LogP contribution in [0.1, 0.15) is 0 Å². The van der Waals surface area contributed by atoms with Crippen LogP contribution in [0.4, 0.5) is 0 Å². The summed E-state index contributed by atoms with van der Waals surface area (Å²) in [7, 11) is 0. The van der Waals surface area contributed by atoms with Gasteiger partial charge in [0.1, 0.15) is 0 Å². The van der Waals surface area contributed by atoms with Gasteiger partial charge in [-0.25, -0.2) is 0 Å². The van der Waals surface area contributed by atoms with Gasteiger partial charge >= 0.3 is 219 Å². The summed E-state index contributed by atoms with van der Waals surface area (Å²) in [5.41, 5.74) is 7.31. The van der Waals surface area contributed by atoms with Gasteiger partial charge in [-0.05, 0) is 11.1 Å². The molecule has 0 fully saturated rings. The molecule has 8 aromatic carbocycles. The average molecular weight is 688 g/mol. The van der Waals surface area contributed by atoms with Gasteiger partial charge < -0.3 is 0 Å². The summed E-state index contributed by atoms with van der Waals surface area (Å²) in [6.45, 7) is 0. The molecule has 0 spiro atoms. The summed E-state index contributed by atoms with van der Waals surface area (Å²) in [6.07, 6.45) is 0. The third-order valence-electron chi connectivity index (χ3n) is 9.65. The Balaban J connectivity index is 1.20. The average Bonchev–Trinajstić information content (AvgIpc) is 3.55. The Morgan fingerprint density at radius 2 is 0.837 bits per heavy atom. The summed E-state index contributed by atoms with van der Waals surface area (Å²) in [5.74, 6) is 0.721. The third kappa shape index (κ3) is 4.78. The molecule has 2 aromatic heterocycles. The Hall–Kier alpha value is -5.86. The minimum Gasteiger partial charge on any atom is -0.0617 e. The molecular weight excluding hydrogens is 659 g/mol. The summed E-state index contributed by atoms with van der Waals surface area (Å²) in [4.78, 5) is 10.3. The van der Waals surface area contributed by atoms with Crippen molar-refractivity contribution in [2.75, 3.05) is 0 Å².